The van der Waals surface area contributed by atoms with Crippen molar-refractivity contribution in [2.45, 2.75) is 11.0 Å². The summed E-state index contributed by atoms with van der Waals surface area (Å²) in [5, 5.41) is 15.5. The van der Waals surface area contributed by atoms with Crippen LogP contribution < -0.4 is 4.31 Å². The van der Waals surface area contributed by atoms with Crippen LogP contribution in [0.15, 0.2) is 113 Å². The van der Waals surface area contributed by atoms with E-state index in [0.717, 1.165) is 26.6 Å². The molecule has 1 aliphatic carbocycles. The van der Waals surface area contributed by atoms with Gasteiger partial charge in [-0.15, -0.1) is 0 Å². The van der Waals surface area contributed by atoms with Gasteiger partial charge in [0.2, 0.25) is 0 Å². The Labute approximate surface area is 215 Å². The Kier molecular flexibility index (Phi) is 6.78. The third-order valence-electron chi connectivity index (χ3n) is 5.90. The number of aliphatic hydroxyl groups excluding tert-OH is 1. The van der Waals surface area contributed by atoms with Gasteiger partial charge in [-0.05, 0) is 47.5 Å². The summed E-state index contributed by atoms with van der Waals surface area (Å²) in [6.45, 7) is -0.402. The monoisotopic (exact) mass is 518 g/mol. The van der Waals surface area contributed by atoms with Gasteiger partial charge in [0.1, 0.15) is 18.4 Å². The van der Waals surface area contributed by atoms with Crippen molar-refractivity contribution in [3.05, 3.63) is 119 Å². The van der Waals surface area contributed by atoms with Crippen LogP contribution in [0.5, 0.6) is 0 Å². The molecule has 0 radical (unpaired) electrons. The molecular formula is C28H23ClN2O4S. The highest BCUT2D eigenvalue weighted by Gasteiger charge is 2.28. The molecular weight excluding hydrogens is 496 g/mol. The van der Waals surface area contributed by atoms with Crippen LogP contribution in [0.1, 0.15) is 11.1 Å². The molecule has 36 heavy (non-hydrogen) atoms. The molecule has 4 aromatic rings. The molecule has 1 N–H and O–H groups in total. The maximum absolute atomic E-state index is 13.4. The van der Waals surface area contributed by atoms with Crippen LogP contribution in [0.3, 0.4) is 0 Å². The summed E-state index contributed by atoms with van der Waals surface area (Å²) in [4.78, 5) is 5.64. The third-order valence-corrected chi connectivity index (χ3v) is 7.96. The molecule has 6 nitrogen and oxygen atoms in total. The number of nitrogens with zero attached hydrogens (tertiary/aromatic N) is 2. The van der Waals surface area contributed by atoms with E-state index in [9.17, 15) is 13.5 Å². The van der Waals surface area contributed by atoms with Crippen molar-refractivity contribution >= 4 is 33.0 Å². The maximum atomic E-state index is 13.4. The fraction of sp³-hybridized carbons (Fsp3) is 0.107. The number of anilines is 1. The van der Waals surface area contributed by atoms with Crippen LogP contribution in [0, 0.1) is 0 Å². The third kappa shape index (κ3) is 4.73. The molecule has 0 amide bonds. The van der Waals surface area contributed by atoms with Crippen molar-refractivity contribution in [1.82, 2.24) is 0 Å². The first-order chi connectivity index (χ1) is 17.4. The Balaban J connectivity index is 1.36. The smallest absolute Gasteiger partial charge is 0.264 e. The molecule has 0 bridgehead atoms. The standard InChI is InChI=1S/C28H23ClN2O4S/c29-20-14-16-23(17-15-20)36(33,34)31(21-8-2-1-3-9-21)18-22(32)19-35-30-28-26-12-6-4-10-24(26)25-11-5-7-13-27(25)28/h1-17,22,32H,18-19H2. The quantitative estimate of drug-likeness (QED) is 0.281. The molecule has 0 saturated carbocycles. The SMILES string of the molecule is O=S(=O)(c1ccc(Cl)cc1)N(CC(O)CON=C1c2ccccc2-c2ccccc21)c1ccccc1. The average Bonchev–Trinajstić information content (AvgIpc) is 3.22. The summed E-state index contributed by atoms with van der Waals surface area (Å²) in [5.74, 6) is 0. The Bertz CT molecular complexity index is 1460. The van der Waals surface area contributed by atoms with Crippen LogP contribution in [0.4, 0.5) is 5.69 Å². The van der Waals surface area contributed by atoms with Crippen molar-refractivity contribution in [3.63, 3.8) is 0 Å². The maximum Gasteiger partial charge on any atom is 0.264 e. The van der Waals surface area contributed by atoms with Gasteiger partial charge in [-0.3, -0.25) is 4.31 Å². The molecule has 0 fully saturated rings. The van der Waals surface area contributed by atoms with E-state index in [2.05, 4.69) is 5.16 Å². The summed E-state index contributed by atoms with van der Waals surface area (Å²) in [6.07, 6.45) is -1.14. The zero-order valence-electron chi connectivity index (χ0n) is 19.2. The summed E-state index contributed by atoms with van der Waals surface area (Å²) in [7, 11) is -3.96. The van der Waals surface area contributed by atoms with Gasteiger partial charge < -0.3 is 9.94 Å². The minimum absolute atomic E-state index is 0.0725. The molecule has 1 unspecified atom stereocenters. The fourth-order valence-electron chi connectivity index (χ4n) is 4.19. The number of hydrogen-bond donors (Lipinski definition) is 1. The molecule has 1 aliphatic rings. The van der Waals surface area contributed by atoms with E-state index < -0.39 is 16.1 Å². The van der Waals surface area contributed by atoms with E-state index in [1.807, 2.05) is 48.5 Å². The molecule has 182 valence electrons. The van der Waals surface area contributed by atoms with Crippen LogP contribution in [0.2, 0.25) is 5.02 Å². The molecule has 0 aromatic heterocycles. The van der Waals surface area contributed by atoms with Crippen molar-refractivity contribution in [1.29, 1.82) is 0 Å². The highest BCUT2D eigenvalue weighted by atomic mass is 35.5. The lowest BCUT2D eigenvalue weighted by molar-refractivity contribution is 0.0456. The second-order valence-electron chi connectivity index (χ2n) is 8.31. The number of benzene rings is 4. The number of fused-ring (bicyclic) bond motifs is 3. The van der Waals surface area contributed by atoms with Crippen molar-refractivity contribution in [2.24, 2.45) is 5.16 Å². The average molecular weight is 519 g/mol. The Morgan fingerprint density at radius 3 is 1.89 bits per heavy atom. The van der Waals surface area contributed by atoms with E-state index in [-0.39, 0.29) is 18.0 Å². The Morgan fingerprint density at radius 1 is 0.778 bits per heavy atom. The molecule has 1 atom stereocenters. The largest absolute Gasteiger partial charge is 0.392 e. The number of sulfonamides is 1. The van der Waals surface area contributed by atoms with Gasteiger partial charge in [-0.2, -0.15) is 0 Å². The first-order valence-electron chi connectivity index (χ1n) is 11.4. The van der Waals surface area contributed by atoms with Crippen LogP contribution in [-0.2, 0) is 14.9 Å². The topological polar surface area (TPSA) is 79.2 Å². The lowest BCUT2D eigenvalue weighted by Gasteiger charge is -2.26. The van der Waals surface area contributed by atoms with E-state index in [1.54, 1.807) is 30.3 Å². The van der Waals surface area contributed by atoms with Gasteiger partial charge in [-0.25, -0.2) is 8.42 Å². The number of rotatable bonds is 8. The highest BCUT2D eigenvalue weighted by molar-refractivity contribution is 7.92. The number of halogens is 1. The van der Waals surface area contributed by atoms with Gasteiger partial charge in [0, 0.05) is 16.1 Å². The van der Waals surface area contributed by atoms with Crippen molar-refractivity contribution in [3.8, 4) is 11.1 Å². The predicted molar refractivity (Wildman–Crippen MR) is 142 cm³/mol. The van der Waals surface area contributed by atoms with E-state index in [0.29, 0.717) is 16.4 Å². The molecule has 0 saturated heterocycles. The van der Waals surface area contributed by atoms with E-state index in [4.69, 9.17) is 16.4 Å². The van der Waals surface area contributed by atoms with E-state index in [1.165, 1.54) is 24.3 Å². The summed E-state index contributed by atoms with van der Waals surface area (Å²) >= 11 is 5.94. The van der Waals surface area contributed by atoms with Gasteiger partial charge in [-0.1, -0.05) is 83.5 Å². The molecule has 5 rings (SSSR count). The number of aliphatic hydroxyl groups is 1. The number of hydrogen-bond acceptors (Lipinski definition) is 5. The lowest BCUT2D eigenvalue weighted by atomic mass is 10.1. The van der Waals surface area contributed by atoms with E-state index >= 15 is 0 Å². The minimum atomic E-state index is -3.96. The highest BCUT2D eigenvalue weighted by Crippen LogP contribution is 2.36. The predicted octanol–water partition coefficient (Wildman–Crippen LogP) is 5.35. The normalized spacial score (nSPS) is 13.0. The second-order valence-corrected chi connectivity index (χ2v) is 10.6. The molecule has 4 aromatic carbocycles. The van der Waals surface area contributed by atoms with Crippen LogP contribution >= 0.6 is 11.6 Å². The summed E-state index contributed by atoms with van der Waals surface area (Å²) in [6, 6.07) is 30.4. The first-order valence-corrected chi connectivity index (χ1v) is 13.2. The zero-order valence-corrected chi connectivity index (χ0v) is 20.7. The number of para-hydroxylation sites is 1. The van der Waals surface area contributed by atoms with Gasteiger partial charge in [0.25, 0.3) is 10.0 Å². The zero-order chi connectivity index (χ0) is 25.1. The van der Waals surface area contributed by atoms with Crippen molar-refractivity contribution < 1.29 is 18.4 Å². The van der Waals surface area contributed by atoms with Gasteiger partial charge >= 0.3 is 0 Å². The second kappa shape index (κ2) is 10.1. The molecule has 0 aliphatic heterocycles. The Morgan fingerprint density at radius 2 is 1.31 bits per heavy atom. The molecule has 0 spiro atoms. The van der Waals surface area contributed by atoms with Crippen molar-refractivity contribution in [2.75, 3.05) is 17.5 Å². The van der Waals surface area contributed by atoms with Crippen LogP contribution in [0.25, 0.3) is 11.1 Å². The van der Waals surface area contributed by atoms with Gasteiger partial charge in [0.15, 0.2) is 0 Å². The lowest BCUT2D eigenvalue weighted by Crippen LogP contribution is -2.39. The number of oxime groups is 1. The first kappa shape index (κ1) is 24.1. The summed E-state index contributed by atoms with van der Waals surface area (Å²) in [5.41, 5.74) is 5.15. The Hall–Kier alpha value is -3.65. The van der Waals surface area contributed by atoms with Crippen LogP contribution in [-0.4, -0.2) is 38.5 Å². The fourth-order valence-corrected chi connectivity index (χ4v) is 5.82. The van der Waals surface area contributed by atoms with Gasteiger partial charge in [0.05, 0.1) is 17.1 Å². The summed E-state index contributed by atoms with van der Waals surface area (Å²) < 4.78 is 28.0. The molecule has 0 heterocycles. The minimum Gasteiger partial charge on any atom is -0.392 e. The molecule has 8 heteroatoms.